The summed E-state index contributed by atoms with van der Waals surface area (Å²) in [6, 6.07) is 7.56. The second-order valence-corrected chi connectivity index (χ2v) is 7.28. The quantitative estimate of drug-likeness (QED) is 0.705. The standard InChI is InChI=1S/C19H22N4O3S/c1-13-18(27-12-22-13)15-6-4-14(5-7-15)9-21-19(26)16-3-2-8-23(16)17(25)10-20-11-24/h4-7,11-12,16H,2-3,8-10H2,1H3,(H,20,24)(H,21,26). The summed E-state index contributed by atoms with van der Waals surface area (Å²) in [5.74, 6) is -0.390. The van der Waals surface area contributed by atoms with Gasteiger partial charge in [0.15, 0.2) is 0 Å². The number of amides is 3. The van der Waals surface area contributed by atoms with Crippen molar-refractivity contribution in [1.29, 1.82) is 0 Å². The van der Waals surface area contributed by atoms with Crippen molar-refractivity contribution < 1.29 is 14.4 Å². The lowest BCUT2D eigenvalue weighted by Crippen LogP contribution is -2.48. The van der Waals surface area contributed by atoms with Crippen LogP contribution in [0.1, 0.15) is 24.1 Å². The van der Waals surface area contributed by atoms with Gasteiger partial charge in [-0.15, -0.1) is 11.3 Å². The van der Waals surface area contributed by atoms with E-state index in [-0.39, 0.29) is 18.4 Å². The Kier molecular flexibility index (Phi) is 6.18. The average Bonchev–Trinajstić information content (AvgIpc) is 3.34. The molecule has 0 aliphatic carbocycles. The number of thiazole rings is 1. The van der Waals surface area contributed by atoms with Gasteiger partial charge in [0.25, 0.3) is 0 Å². The fourth-order valence-corrected chi connectivity index (χ4v) is 4.04. The number of aromatic nitrogens is 1. The molecule has 1 fully saturated rings. The Labute approximate surface area is 161 Å². The number of hydrogen-bond donors (Lipinski definition) is 2. The first-order valence-corrected chi connectivity index (χ1v) is 9.71. The fraction of sp³-hybridized carbons (Fsp3) is 0.368. The molecule has 142 valence electrons. The monoisotopic (exact) mass is 386 g/mol. The van der Waals surface area contributed by atoms with Crippen molar-refractivity contribution in [3.8, 4) is 10.4 Å². The lowest BCUT2D eigenvalue weighted by Gasteiger charge is -2.23. The largest absolute Gasteiger partial charge is 0.350 e. The van der Waals surface area contributed by atoms with Crippen molar-refractivity contribution in [3.05, 3.63) is 41.0 Å². The molecule has 2 heterocycles. The number of carbonyl (C=O) groups is 3. The average molecular weight is 386 g/mol. The van der Waals surface area contributed by atoms with E-state index in [1.807, 2.05) is 36.7 Å². The summed E-state index contributed by atoms with van der Waals surface area (Å²) in [5.41, 5.74) is 4.95. The van der Waals surface area contributed by atoms with E-state index >= 15 is 0 Å². The van der Waals surface area contributed by atoms with E-state index in [2.05, 4.69) is 15.6 Å². The Morgan fingerprint density at radius 2 is 2.11 bits per heavy atom. The molecule has 0 saturated carbocycles. The van der Waals surface area contributed by atoms with Crippen LogP contribution in [0.5, 0.6) is 0 Å². The third kappa shape index (κ3) is 4.51. The van der Waals surface area contributed by atoms with Gasteiger partial charge in [-0.3, -0.25) is 14.4 Å². The second kappa shape index (κ2) is 8.77. The lowest BCUT2D eigenvalue weighted by atomic mass is 10.1. The second-order valence-electron chi connectivity index (χ2n) is 6.43. The molecule has 2 aromatic rings. The van der Waals surface area contributed by atoms with Crippen LogP contribution in [-0.4, -0.2) is 47.2 Å². The first-order valence-electron chi connectivity index (χ1n) is 8.83. The van der Waals surface area contributed by atoms with Crippen molar-refractivity contribution in [2.24, 2.45) is 0 Å². The van der Waals surface area contributed by atoms with Crippen LogP contribution in [0.15, 0.2) is 29.8 Å². The third-order valence-corrected chi connectivity index (χ3v) is 5.62. The van der Waals surface area contributed by atoms with Crippen molar-refractivity contribution >= 4 is 29.6 Å². The number of aryl methyl sites for hydroxylation is 1. The van der Waals surface area contributed by atoms with Gasteiger partial charge in [-0.25, -0.2) is 4.98 Å². The van der Waals surface area contributed by atoms with Crippen LogP contribution in [0, 0.1) is 6.92 Å². The van der Waals surface area contributed by atoms with E-state index in [0.717, 1.165) is 28.1 Å². The summed E-state index contributed by atoms with van der Waals surface area (Å²) in [6.07, 6.45) is 1.91. The Morgan fingerprint density at radius 3 is 2.78 bits per heavy atom. The maximum Gasteiger partial charge on any atom is 0.243 e. The Bertz CT molecular complexity index is 819. The molecule has 1 atom stereocenters. The first kappa shape index (κ1) is 19.0. The summed E-state index contributed by atoms with van der Waals surface area (Å²) in [4.78, 5) is 41.9. The minimum Gasteiger partial charge on any atom is -0.350 e. The Hall–Kier alpha value is -2.74. The smallest absolute Gasteiger partial charge is 0.243 e. The van der Waals surface area contributed by atoms with Gasteiger partial charge in [-0.2, -0.15) is 0 Å². The van der Waals surface area contributed by atoms with E-state index in [9.17, 15) is 14.4 Å². The van der Waals surface area contributed by atoms with Crippen molar-refractivity contribution in [2.45, 2.75) is 32.4 Å². The number of benzene rings is 1. The first-order chi connectivity index (χ1) is 13.1. The minimum atomic E-state index is -0.468. The molecular weight excluding hydrogens is 364 g/mol. The van der Waals surface area contributed by atoms with E-state index in [0.29, 0.717) is 25.9 Å². The summed E-state index contributed by atoms with van der Waals surface area (Å²) < 4.78 is 0. The number of nitrogens with one attached hydrogen (secondary N) is 2. The maximum atomic E-state index is 12.5. The maximum absolute atomic E-state index is 12.5. The van der Waals surface area contributed by atoms with Crippen LogP contribution < -0.4 is 10.6 Å². The van der Waals surface area contributed by atoms with Crippen molar-refractivity contribution in [2.75, 3.05) is 13.1 Å². The van der Waals surface area contributed by atoms with Gasteiger partial charge in [0.05, 0.1) is 22.6 Å². The summed E-state index contributed by atoms with van der Waals surface area (Å²) in [6.45, 7) is 2.86. The Morgan fingerprint density at radius 1 is 1.33 bits per heavy atom. The zero-order chi connectivity index (χ0) is 19.2. The molecule has 1 aromatic carbocycles. The Balaban J connectivity index is 1.56. The molecule has 0 spiro atoms. The molecule has 0 radical (unpaired) electrons. The van der Waals surface area contributed by atoms with Gasteiger partial charge in [0.1, 0.15) is 6.04 Å². The van der Waals surface area contributed by atoms with E-state index in [4.69, 9.17) is 0 Å². The number of nitrogens with zero attached hydrogens (tertiary/aromatic N) is 2. The number of carbonyl (C=O) groups excluding carboxylic acids is 3. The zero-order valence-electron chi connectivity index (χ0n) is 15.1. The predicted octanol–water partition coefficient (Wildman–Crippen LogP) is 1.47. The van der Waals surface area contributed by atoms with Gasteiger partial charge < -0.3 is 15.5 Å². The normalized spacial score (nSPS) is 16.2. The van der Waals surface area contributed by atoms with Gasteiger partial charge in [0, 0.05) is 13.1 Å². The molecule has 0 bridgehead atoms. The zero-order valence-corrected chi connectivity index (χ0v) is 15.9. The van der Waals surface area contributed by atoms with Crippen LogP contribution in [0.2, 0.25) is 0 Å². The number of likely N-dealkylation sites (tertiary alicyclic amines) is 1. The van der Waals surface area contributed by atoms with E-state index in [1.54, 1.807) is 16.2 Å². The minimum absolute atomic E-state index is 0.0776. The predicted molar refractivity (Wildman–Crippen MR) is 103 cm³/mol. The molecule has 3 rings (SSSR count). The highest BCUT2D eigenvalue weighted by molar-refractivity contribution is 7.13. The SMILES string of the molecule is Cc1ncsc1-c1ccc(CNC(=O)C2CCCN2C(=O)CNC=O)cc1. The van der Waals surface area contributed by atoms with Gasteiger partial charge in [-0.05, 0) is 30.9 Å². The molecule has 1 aliphatic rings. The molecule has 8 heteroatoms. The van der Waals surface area contributed by atoms with Crippen LogP contribution in [0.4, 0.5) is 0 Å². The molecule has 27 heavy (non-hydrogen) atoms. The molecule has 1 unspecified atom stereocenters. The molecular formula is C19H22N4O3S. The number of rotatable bonds is 7. The van der Waals surface area contributed by atoms with Crippen molar-refractivity contribution in [3.63, 3.8) is 0 Å². The third-order valence-electron chi connectivity index (χ3n) is 4.64. The van der Waals surface area contributed by atoms with Crippen LogP contribution in [0.3, 0.4) is 0 Å². The fourth-order valence-electron chi connectivity index (χ4n) is 3.23. The highest BCUT2D eigenvalue weighted by atomic mass is 32.1. The van der Waals surface area contributed by atoms with E-state index in [1.165, 1.54) is 0 Å². The van der Waals surface area contributed by atoms with Crippen LogP contribution in [-0.2, 0) is 20.9 Å². The molecule has 7 nitrogen and oxygen atoms in total. The summed E-state index contributed by atoms with van der Waals surface area (Å²) >= 11 is 1.61. The lowest BCUT2D eigenvalue weighted by molar-refractivity contribution is -0.138. The van der Waals surface area contributed by atoms with Crippen molar-refractivity contribution in [1.82, 2.24) is 20.5 Å². The highest BCUT2D eigenvalue weighted by Gasteiger charge is 2.33. The van der Waals surface area contributed by atoms with Gasteiger partial charge in [-0.1, -0.05) is 24.3 Å². The molecule has 3 amide bonds. The highest BCUT2D eigenvalue weighted by Crippen LogP contribution is 2.27. The van der Waals surface area contributed by atoms with Gasteiger partial charge >= 0.3 is 0 Å². The van der Waals surface area contributed by atoms with Crippen LogP contribution >= 0.6 is 11.3 Å². The topological polar surface area (TPSA) is 91.4 Å². The van der Waals surface area contributed by atoms with Crippen LogP contribution in [0.25, 0.3) is 10.4 Å². The molecule has 1 saturated heterocycles. The molecule has 2 N–H and O–H groups in total. The molecule has 1 aromatic heterocycles. The summed E-state index contributed by atoms with van der Waals surface area (Å²) in [5, 5.41) is 5.27. The van der Waals surface area contributed by atoms with E-state index < -0.39 is 6.04 Å². The summed E-state index contributed by atoms with van der Waals surface area (Å²) in [7, 11) is 0. The molecule has 1 aliphatic heterocycles. The van der Waals surface area contributed by atoms with Gasteiger partial charge in [0.2, 0.25) is 18.2 Å². The number of hydrogen-bond acceptors (Lipinski definition) is 5.